The molecule has 0 aliphatic carbocycles. The largest absolute Gasteiger partial charge is 0.484 e. The Morgan fingerprint density at radius 1 is 1.37 bits per heavy atom. The Hall–Kier alpha value is -1.85. The van der Waals surface area contributed by atoms with Crippen molar-refractivity contribution in [3.8, 4) is 5.75 Å². The smallest absolute Gasteiger partial charge is 0.139 e. The minimum absolute atomic E-state index is 0.154. The summed E-state index contributed by atoms with van der Waals surface area (Å²) in [4.78, 5) is 0. The molecule has 1 unspecified atom stereocenters. The zero-order valence-corrected chi connectivity index (χ0v) is 11.0. The SMILES string of the molecule is Cn1cc(C(CN)Oc2ccc(CCO)cc2)cn1. The maximum absolute atomic E-state index is 8.87. The van der Waals surface area contributed by atoms with Crippen LogP contribution in [0, 0.1) is 0 Å². The third kappa shape index (κ3) is 3.56. The first-order chi connectivity index (χ1) is 9.22. The van der Waals surface area contributed by atoms with Crippen LogP contribution in [0.5, 0.6) is 5.75 Å². The van der Waals surface area contributed by atoms with Crippen LogP contribution in [0.15, 0.2) is 36.7 Å². The number of nitrogens with two attached hydrogens (primary N) is 1. The summed E-state index contributed by atoms with van der Waals surface area (Å²) >= 11 is 0. The lowest BCUT2D eigenvalue weighted by molar-refractivity contribution is 0.214. The van der Waals surface area contributed by atoms with Crippen LogP contribution in [-0.4, -0.2) is 28.0 Å². The Kier molecular flexibility index (Phi) is 4.54. The third-order valence-corrected chi connectivity index (χ3v) is 2.91. The molecule has 102 valence electrons. The molecule has 0 fully saturated rings. The van der Waals surface area contributed by atoms with E-state index in [0.29, 0.717) is 13.0 Å². The molecule has 0 saturated carbocycles. The highest BCUT2D eigenvalue weighted by molar-refractivity contribution is 5.28. The zero-order chi connectivity index (χ0) is 13.7. The van der Waals surface area contributed by atoms with Gasteiger partial charge in [-0.2, -0.15) is 5.10 Å². The van der Waals surface area contributed by atoms with Gasteiger partial charge < -0.3 is 15.6 Å². The summed E-state index contributed by atoms with van der Waals surface area (Å²) in [5.74, 6) is 0.765. The molecule has 2 aromatic rings. The Balaban J connectivity index is 2.05. The quantitative estimate of drug-likeness (QED) is 0.814. The van der Waals surface area contributed by atoms with Crippen molar-refractivity contribution >= 4 is 0 Å². The van der Waals surface area contributed by atoms with Crippen molar-refractivity contribution in [3.63, 3.8) is 0 Å². The maximum atomic E-state index is 8.87. The lowest BCUT2D eigenvalue weighted by Crippen LogP contribution is -2.18. The van der Waals surface area contributed by atoms with Gasteiger partial charge in [-0.25, -0.2) is 0 Å². The molecule has 0 bridgehead atoms. The van der Waals surface area contributed by atoms with E-state index in [-0.39, 0.29) is 12.7 Å². The molecule has 0 radical (unpaired) electrons. The van der Waals surface area contributed by atoms with Gasteiger partial charge in [0.05, 0.1) is 6.20 Å². The first kappa shape index (κ1) is 13.6. The maximum Gasteiger partial charge on any atom is 0.139 e. The normalized spacial score (nSPS) is 12.4. The number of rotatable bonds is 6. The summed E-state index contributed by atoms with van der Waals surface area (Å²) in [6.07, 6.45) is 4.12. The third-order valence-electron chi connectivity index (χ3n) is 2.91. The molecular weight excluding hydrogens is 242 g/mol. The van der Waals surface area contributed by atoms with Crippen LogP contribution in [-0.2, 0) is 13.5 Å². The van der Waals surface area contributed by atoms with Gasteiger partial charge in [-0.15, -0.1) is 0 Å². The molecule has 0 spiro atoms. The number of aromatic nitrogens is 2. The number of hydrogen-bond donors (Lipinski definition) is 2. The number of aryl methyl sites for hydroxylation is 1. The van der Waals surface area contributed by atoms with Crippen LogP contribution in [0.3, 0.4) is 0 Å². The summed E-state index contributed by atoms with van der Waals surface area (Å²) in [6, 6.07) is 7.68. The van der Waals surface area contributed by atoms with Crippen LogP contribution < -0.4 is 10.5 Å². The highest BCUT2D eigenvalue weighted by Gasteiger charge is 2.13. The number of ether oxygens (including phenoxy) is 1. The molecule has 19 heavy (non-hydrogen) atoms. The van der Waals surface area contributed by atoms with Crippen molar-refractivity contribution in [1.29, 1.82) is 0 Å². The summed E-state index contributed by atoms with van der Waals surface area (Å²) < 4.78 is 7.58. The van der Waals surface area contributed by atoms with Gasteiger partial charge in [0.25, 0.3) is 0 Å². The summed E-state index contributed by atoms with van der Waals surface area (Å²) in [6.45, 7) is 0.547. The summed E-state index contributed by atoms with van der Waals surface area (Å²) in [5, 5.41) is 13.0. The van der Waals surface area contributed by atoms with E-state index in [1.807, 2.05) is 37.5 Å². The lowest BCUT2D eigenvalue weighted by atomic mass is 10.1. The second-order valence-corrected chi connectivity index (χ2v) is 4.41. The van der Waals surface area contributed by atoms with E-state index < -0.39 is 0 Å². The van der Waals surface area contributed by atoms with Crippen LogP contribution in [0.25, 0.3) is 0 Å². The van der Waals surface area contributed by atoms with Crippen molar-refractivity contribution < 1.29 is 9.84 Å². The predicted molar refractivity (Wildman–Crippen MR) is 72.9 cm³/mol. The van der Waals surface area contributed by atoms with Gasteiger partial charge in [0, 0.05) is 32.0 Å². The fourth-order valence-corrected chi connectivity index (χ4v) is 1.89. The molecule has 0 saturated heterocycles. The number of aliphatic hydroxyl groups is 1. The molecule has 3 N–H and O–H groups in total. The molecule has 5 heteroatoms. The van der Waals surface area contributed by atoms with Crippen molar-refractivity contribution in [1.82, 2.24) is 9.78 Å². The Morgan fingerprint density at radius 3 is 2.63 bits per heavy atom. The number of benzene rings is 1. The fourth-order valence-electron chi connectivity index (χ4n) is 1.89. The minimum atomic E-state index is -0.197. The summed E-state index contributed by atoms with van der Waals surface area (Å²) in [5.41, 5.74) is 7.79. The average Bonchev–Trinajstić information content (AvgIpc) is 2.85. The highest BCUT2D eigenvalue weighted by Crippen LogP contribution is 2.21. The zero-order valence-electron chi connectivity index (χ0n) is 11.0. The van der Waals surface area contributed by atoms with E-state index in [1.165, 1.54) is 0 Å². The highest BCUT2D eigenvalue weighted by atomic mass is 16.5. The van der Waals surface area contributed by atoms with Crippen molar-refractivity contribution in [2.45, 2.75) is 12.5 Å². The van der Waals surface area contributed by atoms with E-state index in [4.69, 9.17) is 15.6 Å². The van der Waals surface area contributed by atoms with E-state index in [0.717, 1.165) is 16.9 Å². The number of hydrogen-bond acceptors (Lipinski definition) is 4. The van der Waals surface area contributed by atoms with E-state index in [1.54, 1.807) is 10.9 Å². The van der Waals surface area contributed by atoms with Gasteiger partial charge in [-0.3, -0.25) is 4.68 Å². The lowest BCUT2D eigenvalue weighted by Gasteiger charge is -2.16. The van der Waals surface area contributed by atoms with Gasteiger partial charge in [-0.1, -0.05) is 12.1 Å². The second kappa shape index (κ2) is 6.36. The van der Waals surface area contributed by atoms with Crippen molar-refractivity contribution in [3.05, 3.63) is 47.8 Å². The van der Waals surface area contributed by atoms with Gasteiger partial charge in [0.2, 0.25) is 0 Å². The van der Waals surface area contributed by atoms with Crippen LogP contribution in [0.1, 0.15) is 17.2 Å². The van der Waals surface area contributed by atoms with Crippen molar-refractivity contribution in [2.75, 3.05) is 13.2 Å². The fraction of sp³-hybridized carbons (Fsp3) is 0.357. The molecule has 0 aliphatic rings. The van der Waals surface area contributed by atoms with Gasteiger partial charge in [0.15, 0.2) is 0 Å². The minimum Gasteiger partial charge on any atom is -0.484 e. The Morgan fingerprint density at radius 2 is 2.11 bits per heavy atom. The monoisotopic (exact) mass is 261 g/mol. The molecule has 1 atom stereocenters. The average molecular weight is 261 g/mol. The molecule has 1 heterocycles. The van der Waals surface area contributed by atoms with Crippen LogP contribution in [0.4, 0.5) is 0 Å². The predicted octanol–water partition coefficient (Wildman–Crippen LogP) is 1.03. The van der Waals surface area contributed by atoms with E-state index in [2.05, 4.69) is 5.10 Å². The van der Waals surface area contributed by atoms with Gasteiger partial charge in [-0.05, 0) is 24.1 Å². The number of aliphatic hydroxyl groups excluding tert-OH is 1. The first-order valence-corrected chi connectivity index (χ1v) is 6.28. The molecule has 5 nitrogen and oxygen atoms in total. The Labute approximate surface area is 112 Å². The Bertz CT molecular complexity index is 508. The standard InChI is InChI=1S/C14H19N3O2/c1-17-10-12(9-16-17)14(8-15)19-13-4-2-11(3-5-13)6-7-18/h2-5,9-10,14,18H,6-8,15H2,1H3. The molecular formula is C14H19N3O2. The summed E-state index contributed by atoms with van der Waals surface area (Å²) in [7, 11) is 1.86. The van der Waals surface area contributed by atoms with Crippen LogP contribution in [0.2, 0.25) is 0 Å². The first-order valence-electron chi connectivity index (χ1n) is 6.28. The van der Waals surface area contributed by atoms with E-state index in [9.17, 15) is 0 Å². The second-order valence-electron chi connectivity index (χ2n) is 4.41. The molecule has 1 aromatic carbocycles. The molecule has 1 aromatic heterocycles. The van der Waals surface area contributed by atoms with E-state index >= 15 is 0 Å². The topological polar surface area (TPSA) is 73.3 Å². The van der Waals surface area contributed by atoms with Gasteiger partial charge >= 0.3 is 0 Å². The van der Waals surface area contributed by atoms with Crippen molar-refractivity contribution in [2.24, 2.45) is 12.8 Å². The number of nitrogens with zero attached hydrogens (tertiary/aromatic N) is 2. The molecule has 0 amide bonds. The molecule has 0 aliphatic heterocycles. The van der Waals surface area contributed by atoms with Crippen LogP contribution >= 0.6 is 0 Å². The van der Waals surface area contributed by atoms with Gasteiger partial charge in [0.1, 0.15) is 11.9 Å². The molecule has 2 rings (SSSR count).